The van der Waals surface area contributed by atoms with Crippen molar-refractivity contribution in [1.82, 2.24) is 10.1 Å². The van der Waals surface area contributed by atoms with E-state index in [1.54, 1.807) is 4.90 Å². The Morgan fingerprint density at radius 2 is 1.74 bits per heavy atom. The SMILES string of the molecule is C/C=C(/C(C)C)N(C(=O)c1c(C(C)(C)C)noc1N)C(C)(C)C. The summed E-state index contributed by atoms with van der Waals surface area (Å²) in [5.74, 6) is 0.124. The lowest BCUT2D eigenvalue weighted by Crippen LogP contribution is -2.46. The standard InChI is InChI=1S/C18H31N3O2/c1-10-12(11(2)3)21(18(7,8)9)16(22)13-14(17(4,5)6)20-23-15(13)19/h10-11H,19H2,1-9H3/b12-10-. The molecule has 1 heterocycles. The quantitative estimate of drug-likeness (QED) is 0.898. The molecule has 0 fully saturated rings. The van der Waals surface area contributed by atoms with Gasteiger partial charge >= 0.3 is 0 Å². The van der Waals surface area contributed by atoms with E-state index >= 15 is 0 Å². The first kappa shape index (κ1) is 19.3. The third-order valence-electron chi connectivity index (χ3n) is 3.66. The van der Waals surface area contributed by atoms with Crippen LogP contribution in [0, 0.1) is 5.92 Å². The second kappa shape index (κ2) is 6.38. The van der Waals surface area contributed by atoms with Crippen molar-refractivity contribution in [3.63, 3.8) is 0 Å². The Labute approximate surface area is 139 Å². The number of hydrogen-bond donors (Lipinski definition) is 1. The van der Waals surface area contributed by atoms with E-state index in [9.17, 15) is 4.79 Å². The topological polar surface area (TPSA) is 72.4 Å². The molecule has 2 N–H and O–H groups in total. The Hall–Kier alpha value is -1.78. The number of allylic oxidation sites excluding steroid dienone is 2. The Bertz CT molecular complexity index is 599. The van der Waals surface area contributed by atoms with Gasteiger partial charge in [0.25, 0.3) is 5.91 Å². The van der Waals surface area contributed by atoms with E-state index in [0.717, 1.165) is 5.70 Å². The molecule has 130 valence electrons. The van der Waals surface area contributed by atoms with Crippen molar-refractivity contribution in [2.45, 2.75) is 73.3 Å². The number of anilines is 1. The number of carbonyl (C=O) groups excluding carboxylic acids is 1. The first-order chi connectivity index (χ1) is 10.3. The van der Waals surface area contributed by atoms with E-state index in [1.165, 1.54) is 0 Å². The van der Waals surface area contributed by atoms with E-state index in [4.69, 9.17) is 10.3 Å². The predicted molar refractivity (Wildman–Crippen MR) is 94.1 cm³/mol. The van der Waals surface area contributed by atoms with E-state index in [0.29, 0.717) is 11.3 Å². The molecule has 1 amide bonds. The molecule has 0 bridgehead atoms. The van der Waals surface area contributed by atoms with Crippen molar-refractivity contribution in [2.24, 2.45) is 5.92 Å². The highest BCUT2D eigenvalue weighted by molar-refractivity contribution is 6.00. The second-order valence-corrected chi connectivity index (χ2v) is 8.20. The average Bonchev–Trinajstić information content (AvgIpc) is 2.74. The van der Waals surface area contributed by atoms with Crippen molar-refractivity contribution in [3.05, 3.63) is 23.0 Å². The maximum Gasteiger partial charge on any atom is 0.266 e. The Morgan fingerprint density at radius 1 is 1.22 bits per heavy atom. The van der Waals surface area contributed by atoms with Gasteiger partial charge in [-0.05, 0) is 33.6 Å². The summed E-state index contributed by atoms with van der Waals surface area (Å²) in [6.45, 7) is 18.1. The minimum Gasteiger partial charge on any atom is -0.367 e. The minimum atomic E-state index is -0.387. The molecule has 0 aliphatic heterocycles. The van der Waals surface area contributed by atoms with Crippen LogP contribution in [0.3, 0.4) is 0 Å². The molecule has 5 heteroatoms. The third-order valence-corrected chi connectivity index (χ3v) is 3.66. The molecule has 1 aromatic heterocycles. The van der Waals surface area contributed by atoms with Gasteiger partial charge in [-0.15, -0.1) is 0 Å². The molecule has 0 aromatic carbocycles. The van der Waals surface area contributed by atoms with Gasteiger partial charge in [0.05, 0.1) is 0 Å². The second-order valence-electron chi connectivity index (χ2n) is 8.20. The smallest absolute Gasteiger partial charge is 0.266 e. The molecule has 0 unspecified atom stereocenters. The third kappa shape index (κ3) is 3.95. The van der Waals surface area contributed by atoms with Crippen LogP contribution >= 0.6 is 0 Å². The van der Waals surface area contributed by atoms with Gasteiger partial charge in [-0.3, -0.25) is 4.79 Å². The number of nitrogens with two attached hydrogens (primary N) is 1. The summed E-state index contributed by atoms with van der Waals surface area (Å²) < 4.78 is 5.14. The lowest BCUT2D eigenvalue weighted by molar-refractivity contribution is 0.0649. The molecular formula is C18H31N3O2. The summed E-state index contributed by atoms with van der Waals surface area (Å²) >= 11 is 0. The van der Waals surface area contributed by atoms with Crippen LogP contribution in [0.4, 0.5) is 5.88 Å². The molecule has 5 nitrogen and oxygen atoms in total. The molecular weight excluding hydrogens is 290 g/mol. The first-order valence-electron chi connectivity index (χ1n) is 8.08. The van der Waals surface area contributed by atoms with Gasteiger partial charge in [0, 0.05) is 16.7 Å². The van der Waals surface area contributed by atoms with Crippen LogP contribution in [0.25, 0.3) is 0 Å². The zero-order valence-electron chi connectivity index (χ0n) is 15.9. The number of rotatable bonds is 3. The van der Waals surface area contributed by atoms with Crippen LogP contribution in [0.1, 0.15) is 78.4 Å². The molecule has 0 saturated heterocycles. The van der Waals surface area contributed by atoms with E-state index in [2.05, 4.69) is 19.0 Å². The van der Waals surface area contributed by atoms with Gasteiger partial charge in [0.15, 0.2) is 0 Å². The lowest BCUT2D eigenvalue weighted by Gasteiger charge is -2.39. The van der Waals surface area contributed by atoms with Gasteiger partial charge in [0.2, 0.25) is 5.88 Å². The highest BCUT2D eigenvalue weighted by atomic mass is 16.5. The number of carbonyl (C=O) groups is 1. The zero-order chi connectivity index (χ0) is 18.2. The average molecular weight is 321 g/mol. The number of hydrogen-bond acceptors (Lipinski definition) is 4. The molecule has 0 aliphatic rings. The fourth-order valence-electron chi connectivity index (χ4n) is 2.66. The fourth-order valence-corrected chi connectivity index (χ4v) is 2.66. The van der Waals surface area contributed by atoms with Crippen LogP contribution in [0.5, 0.6) is 0 Å². The molecule has 0 saturated carbocycles. The van der Waals surface area contributed by atoms with Gasteiger partial charge in [0.1, 0.15) is 11.3 Å². The summed E-state index contributed by atoms with van der Waals surface area (Å²) in [7, 11) is 0. The van der Waals surface area contributed by atoms with Crippen LogP contribution in [0.15, 0.2) is 16.3 Å². The molecule has 0 aliphatic carbocycles. The largest absolute Gasteiger partial charge is 0.367 e. The summed E-state index contributed by atoms with van der Waals surface area (Å²) in [5.41, 5.74) is 7.15. The summed E-state index contributed by atoms with van der Waals surface area (Å²) in [5, 5.41) is 4.04. The van der Waals surface area contributed by atoms with Crippen molar-refractivity contribution in [3.8, 4) is 0 Å². The number of nitrogens with zero attached hydrogens (tertiary/aromatic N) is 2. The lowest BCUT2D eigenvalue weighted by atomic mass is 9.88. The molecule has 0 spiro atoms. The monoisotopic (exact) mass is 321 g/mol. The van der Waals surface area contributed by atoms with Crippen molar-refractivity contribution in [1.29, 1.82) is 0 Å². The molecule has 23 heavy (non-hydrogen) atoms. The maximum atomic E-state index is 13.4. The fraction of sp³-hybridized carbons (Fsp3) is 0.667. The zero-order valence-corrected chi connectivity index (χ0v) is 15.9. The van der Waals surface area contributed by atoms with Crippen LogP contribution in [0.2, 0.25) is 0 Å². The number of amides is 1. The van der Waals surface area contributed by atoms with Crippen molar-refractivity contribution < 1.29 is 9.32 Å². The summed E-state index contributed by atoms with van der Waals surface area (Å²) in [6.07, 6.45) is 1.98. The molecule has 1 aromatic rings. The Kier molecular flexibility index (Phi) is 5.34. The van der Waals surface area contributed by atoms with Crippen molar-refractivity contribution >= 4 is 11.8 Å². The normalized spacial score (nSPS) is 13.6. The highest BCUT2D eigenvalue weighted by Crippen LogP contribution is 2.34. The Morgan fingerprint density at radius 3 is 2.09 bits per heavy atom. The predicted octanol–water partition coefficient (Wildman–Crippen LogP) is 4.35. The highest BCUT2D eigenvalue weighted by Gasteiger charge is 2.37. The molecule has 1 rings (SSSR count). The van der Waals surface area contributed by atoms with Crippen LogP contribution in [-0.2, 0) is 5.41 Å². The van der Waals surface area contributed by atoms with Crippen molar-refractivity contribution in [2.75, 3.05) is 5.73 Å². The number of nitrogen functional groups attached to an aromatic ring is 1. The molecule has 0 radical (unpaired) electrons. The summed E-state index contributed by atoms with van der Waals surface area (Å²) in [4.78, 5) is 15.2. The molecule has 0 atom stereocenters. The van der Waals surface area contributed by atoms with E-state index in [-0.39, 0.29) is 28.7 Å². The van der Waals surface area contributed by atoms with Crippen LogP contribution in [-0.4, -0.2) is 21.5 Å². The summed E-state index contributed by atoms with van der Waals surface area (Å²) in [6, 6.07) is 0. The first-order valence-corrected chi connectivity index (χ1v) is 8.08. The van der Waals surface area contributed by atoms with Gasteiger partial charge < -0.3 is 15.2 Å². The minimum absolute atomic E-state index is 0.0772. The maximum absolute atomic E-state index is 13.4. The number of aromatic nitrogens is 1. The van der Waals surface area contributed by atoms with Gasteiger partial charge in [-0.2, -0.15) is 0 Å². The Balaban J connectivity index is 3.53. The van der Waals surface area contributed by atoms with Gasteiger partial charge in [-0.1, -0.05) is 45.9 Å². The van der Waals surface area contributed by atoms with E-state index < -0.39 is 0 Å². The van der Waals surface area contributed by atoms with Crippen LogP contribution < -0.4 is 5.73 Å². The van der Waals surface area contributed by atoms with Gasteiger partial charge in [-0.25, -0.2) is 0 Å². The van der Waals surface area contributed by atoms with E-state index in [1.807, 2.05) is 54.5 Å².